The van der Waals surface area contributed by atoms with Gasteiger partial charge in [-0.1, -0.05) is 11.6 Å². The Labute approximate surface area is 108 Å². The molecule has 3 rings (SSSR count). The molecule has 16 heavy (non-hydrogen) atoms. The molecule has 4 heteroatoms. The van der Waals surface area contributed by atoms with Gasteiger partial charge in [-0.2, -0.15) is 11.3 Å². The van der Waals surface area contributed by atoms with E-state index in [1.807, 2.05) is 0 Å². The van der Waals surface area contributed by atoms with Crippen LogP contribution < -0.4 is 5.32 Å². The second-order valence-corrected chi connectivity index (χ2v) is 6.58. The number of thiophene rings is 2. The van der Waals surface area contributed by atoms with Gasteiger partial charge in [0.15, 0.2) is 0 Å². The van der Waals surface area contributed by atoms with Crippen LogP contribution in [0.25, 0.3) is 0 Å². The standard InChI is InChI=1S/C12H12ClNS2/c13-12-5-9-10(1-2-11(9)16-12)14-6-8-3-4-15-7-8/h3-5,7,10,14H,1-2,6H2. The lowest BCUT2D eigenvalue weighted by Crippen LogP contribution is -2.17. The maximum Gasteiger partial charge on any atom is 0.0934 e. The number of fused-ring (bicyclic) bond motifs is 1. The molecule has 0 spiro atoms. The minimum atomic E-state index is 0.499. The first-order valence-corrected chi connectivity index (χ1v) is 7.49. The molecule has 2 aromatic heterocycles. The van der Waals surface area contributed by atoms with Crippen LogP contribution in [-0.4, -0.2) is 0 Å². The largest absolute Gasteiger partial charge is 0.306 e. The van der Waals surface area contributed by atoms with Crippen LogP contribution in [0.3, 0.4) is 0 Å². The van der Waals surface area contributed by atoms with Gasteiger partial charge < -0.3 is 5.32 Å². The third kappa shape index (κ3) is 2.05. The number of nitrogens with one attached hydrogen (secondary N) is 1. The molecule has 0 saturated carbocycles. The highest BCUT2D eigenvalue weighted by Gasteiger charge is 2.24. The first-order chi connectivity index (χ1) is 7.83. The van der Waals surface area contributed by atoms with Crippen molar-refractivity contribution >= 4 is 34.3 Å². The highest BCUT2D eigenvalue weighted by atomic mass is 35.5. The zero-order chi connectivity index (χ0) is 11.0. The molecule has 1 aliphatic carbocycles. The zero-order valence-corrected chi connectivity index (χ0v) is 11.1. The Kier molecular flexibility index (Phi) is 3.03. The van der Waals surface area contributed by atoms with Crippen molar-refractivity contribution in [1.82, 2.24) is 5.32 Å². The van der Waals surface area contributed by atoms with Crippen LogP contribution in [0.1, 0.15) is 28.5 Å². The average molecular weight is 270 g/mol. The fraction of sp³-hybridized carbons (Fsp3) is 0.333. The third-order valence-corrected chi connectivity index (χ3v) is 5.05. The summed E-state index contributed by atoms with van der Waals surface area (Å²) in [7, 11) is 0. The minimum Gasteiger partial charge on any atom is -0.306 e. The van der Waals surface area contributed by atoms with Crippen molar-refractivity contribution in [3.63, 3.8) is 0 Å². The van der Waals surface area contributed by atoms with Crippen molar-refractivity contribution in [3.8, 4) is 0 Å². The SMILES string of the molecule is Clc1cc2c(s1)CCC2NCc1ccsc1. The second-order valence-electron chi connectivity index (χ2n) is 4.03. The molecule has 1 atom stereocenters. The molecule has 0 saturated heterocycles. The Morgan fingerprint density at radius 3 is 3.25 bits per heavy atom. The Hall–Kier alpha value is -0.350. The highest BCUT2D eigenvalue weighted by molar-refractivity contribution is 7.16. The Morgan fingerprint density at radius 2 is 2.44 bits per heavy atom. The fourth-order valence-corrected chi connectivity index (χ4v) is 4.20. The van der Waals surface area contributed by atoms with Crippen molar-refractivity contribution in [3.05, 3.63) is 43.2 Å². The number of hydrogen-bond acceptors (Lipinski definition) is 3. The lowest BCUT2D eigenvalue weighted by atomic mass is 10.1. The Balaban J connectivity index is 1.69. The molecule has 0 fully saturated rings. The Bertz CT molecular complexity index is 475. The van der Waals surface area contributed by atoms with Crippen molar-refractivity contribution in [2.24, 2.45) is 0 Å². The van der Waals surface area contributed by atoms with Crippen LogP contribution in [0, 0.1) is 0 Å². The summed E-state index contributed by atoms with van der Waals surface area (Å²) in [5.41, 5.74) is 2.80. The first kappa shape index (κ1) is 10.8. The van der Waals surface area contributed by atoms with Gasteiger partial charge in [0.2, 0.25) is 0 Å². The third-order valence-electron chi connectivity index (χ3n) is 2.98. The molecule has 2 heterocycles. The van der Waals surface area contributed by atoms with Gasteiger partial charge in [0, 0.05) is 17.5 Å². The van der Waals surface area contributed by atoms with E-state index in [2.05, 4.69) is 28.2 Å². The second kappa shape index (κ2) is 4.49. The van der Waals surface area contributed by atoms with Crippen LogP contribution in [0.4, 0.5) is 0 Å². The van der Waals surface area contributed by atoms with Crippen LogP contribution in [0.2, 0.25) is 4.34 Å². The van der Waals surface area contributed by atoms with Crippen LogP contribution in [0.5, 0.6) is 0 Å². The van der Waals surface area contributed by atoms with Crippen LogP contribution in [-0.2, 0) is 13.0 Å². The van der Waals surface area contributed by atoms with E-state index in [0.29, 0.717) is 6.04 Å². The van der Waals surface area contributed by atoms with Gasteiger partial charge >= 0.3 is 0 Å². The molecular weight excluding hydrogens is 258 g/mol. The van der Waals surface area contributed by atoms with E-state index in [0.717, 1.165) is 10.9 Å². The van der Waals surface area contributed by atoms with Gasteiger partial charge in [0.1, 0.15) is 0 Å². The average Bonchev–Trinajstić information content (AvgIpc) is 2.91. The summed E-state index contributed by atoms with van der Waals surface area (Å²) in [5.74, 6) is 0. The molecular formula is C12H12ClNS2. The van der Waals surface area contributed by atoms with Crippen molar-refractivity contribution in [1.29, 1.82) is 0 Å². The van der Waals surface area contributed by atoms with E-state index < -0.39 is 0 Å². The summed E-state index contributed by atoms with van der Waals surface area (Å²) >= 11 is 9.52. The molecule has 0 aliphatic heterocycles. The molecule has 0 bridgehead atoms. The molecule has 2 aromatic rings. The molecule has 1 aliphatic rings. The predicted octanol–water partition coefficient (Wildman–Crippen LogP) is 4.24. The number of hydrogen-bond donors (Lipinski definition) is 1. The van der Waals surface area contributed by atoms with E-state index in [9.17, 15) is 0 Å². The predicted molar refractivity (Wildman–Crippen MR) is 71.5 cm³/mol. The lowest BCUT2D eigenvalue weighted by Gasteiger charge is -2.11. The normalized spacial score (nSPS) is 18.9. The maximum absolute atomic E-state index is 6.04. The summed E-state index contributed by atoms with van der Waals surface area (Å²) in [6.45, 7) is 0.959. The van der Waals surface area contributed by atoms with E-state index in [-0.39, 0.29) is 0 Å². The molecule has 0 radical (unpaired) electrons. The fourth-order valence-electron chi connectivity index (χ4n) is 2.18. The monoisotopic (exact) mass is 269 g/mol. The van der Waals surface area contributed by atoms with Crippen molar-refractivity contribution in [2.75, 3.05) is 0 Å². The molecule has 1 nitrogen and oxygen atoms in total. The quantitative estimate of drug-likeness (QED) is 0.879. The summed E-state index contributed by atoms with van der Waals surface area (Å²) in [6, 6.07) is 4.80. The minimum absolute atomic E-state index is 0.499. The van der Waals surface area contributed by atoms with E-state index in [1.54, 1.807) is 22.7 Å². The van der Waals surface area contributed by atoms with Gasteiger partial charge in [-0.25, -0.2) is 0 Å². The lowest BCUT2D eigenvalue weighted by molar-refractivity contribution is 0.531. The number of halogens is 1. The highest BCUT2D eigenvalue weighted by Crippen LogP contribution is 2.39. The molecule has 1 N–H and O–H groups in total. The smallest absolute Gasteiger partial charge is 0.0934 e. The van der Waals surface area contributed by atoms with Crippen LogP contribution >= 0.6 is 34.3 Å². The summed E-state index contributed by atoms with van der Waals surface area (Å²) in [4.78, 5) is 1.47. The van der Waals surface area contributed by atoms with E-state index >= 15 is 0 Å². The first-order valence-electron chi connectivity index (χ1n) is 5.35. The van der Waals surface area contributed by atoms with Gasteiger partial charge in [0.25, 0.3) is 0 Å². The van der Waals surface area contributed by atoms with Gasteiger partial charge in [-0.15, -0.1) is 11.3 Å². The van der Waals surface area contributed by atoms with Gasteiger partial charge in [-0.3, -0.25) is 0 Å². The molecule has 1 unspecified atom stereocenters. The van der Waals surface area contributed by atoms with E-state index in [1.165, 1.54) is 28.8 Å². The zero-order valence-electron chi connectivity index (χ0n) is 8.70. The van der Waals surface area contributed by atoms with Gasteiger partial charge in [0.05, 0.1) is 4.34 Å². The van der Waals surface area contributed by atoms with Crippen LogP contribution in [0.15, 0.2) is 22.9 Å². The number of aryl methyl sites for hydroxylation is 1. The molecule has 84 valence electrons. The van der Waals surface area contributed by atoms with Gasteiger partial charge in [-0.05, 0) is 46.9 Å². The number of rotatable bonds is 3. The molecule has 0 amide bonds. The summed E-state index contributed by atoms with van der Waals surface area (Å²) in [6.07, 6.45) is 2.39. The van der Waals surface area contributed by atoms with E-state index in [4.69, 9.17) is 11.6 Å². The topological polar surface area (TPSA) is 12.0 Å². The maximum atomic E-state index is 6.04. The summed E-state index contributed by atoms with van der Waals surface area (Å²) in [5, 5.41) is 7.93. The molecule has 0 aromatic carbocycles. The summed E-state index contributed by atoms with van der Waals surface area (Å²) < 4.78 is 0.923. The van der Waals surface area contributed by atoms with Crippen molar-refractivity contribution < 1.29 is 0 Å². The Morgan fingerprint density at radius 1 is 1.50 bits per heavy atom. The van der Waals surface area contributed by atoms with Crippen molar-refractivity contribution in [2.45, 2.75) is 25.4 Å².